The average Bonchev–Trinajstić information content (AvgIpc) is 3.49. The summed E-state index contributed by atoms with van der Waals surface area (Å²) in [6, 6.07) is 19.3. The van der Waals surface area contributed by atoms with Crippen molar-refractivity contribution >= 4 is 39.7 Å². The predicted molar refractivity (Wildman–Crippen MR) is 133 cm³/mol. The van der Waals surface area contributed by atoms with E-state index in [9.17, 15) is 4.79 Å². The molecule has 172 valence electrons. The van der Waals surface area contributed by atoms with Crippen molar-refractivity contribution in [3.05, 3.63) is 77.2 Å². The molecule has 5 rings (SSSR count). The molecule has 1 unspecified atom stereocenters. The lowest BCUT2D eigenvalue weighted by Gasteiger charge is -2.11. The highest BCUT2D eigenvalue weighted by molar-refractivity contribution is 7.14. The SMILES string of the molecule is COCCNc1sccc1-c1nnc(NC2N=C(c3ccccc3)c3ccccc3NC2=O)o1. The molecule has 0 fully saturated rings. The maximum atomic E-state index is 13.0. The summed E-state index contributed by atoms with van der Waals surface area (Å²) in [7, 11) is 1.65. The Morgan fingerprint density at radius 2 is 1.88 bits per heavy atom. The lowest BCUT2D eigenvalue weighted by Crippen LogP contribution is -2.32. The number of hydrogen-bond donors (Lipinski definition) is 3. The van der Waals surface area contributed by atoms with Crippen LogP contribution in [0, 0.1) is 0 Å². The van der Waals surface area contributed by atoms with Gasteiger partial charge in [-0.3, -0.25) is 4.79 Å². The molecule has 0 saturated carbocycles. The second-order valence-corrected chi connectivity index (χ2v) is 8.34. The number of thiophene rings is 1. The molecular formula is C24H22N6O3S. The van der Waals surface area contributed by atoms with Crippen molar-refractivity contribution in [3.63, 3.8) is 0 Å². The Morgan fingerprint density at radius 1 is 1.06 bits per heavy atom. The van der Waals surface area contributed by atoms with E-state index < -0.39 is 6.17 Å². The van der Waals surface area contributed by atoms with E-state index in [4.69, 9.17) is 14.1 Å². The number of aliphatic imine (C=N–C) groups is 1. The zero-order chi connectivity index (χ0) is 23.3. The number of carbonyl (C=O) groups excluding carboxylic acids is 1. The maximum absolute atomic E-state index is 13.0. The summed E-state index contributed by atoms with van der Waals surface area (Å²) in [5, 5.41) is 20.3. The first-order valence-corrected chi connectivity index (χ1v) is 11.5. The van der Waals surface area contributed by atoms with Gasteiger partial charge in [-0.1, -0.05) is 53.6 Å². The lowest BCUT2D eigenvalue weighted by atomic mass is 10.0. The molecule has 1 atom stereocenters. The first-order valence-electron chi connectivity index (χ1n) is 10.7. The number of nitrogens with zero attached hydrogens (tertiary/aromatic N) is 3. The summed E-state index contributed by atoms with van der Waals surface area (Å²) in [4.78, 5) is 17.7. The second kappa shape index (κ2) is 9.86. The number of ether oxygens (including phenoxy) is 1. The van der Waals surface area contributed by atoms with Crippen LogP contribution in [0.3, 0.4) is 0 Å². The average molecular weight is 475 g/mol. The maximum Gasteiger partial charge on any atom is 0.317 e. The van der Waals surface area contributed by atoms with Gasteiger partial charge in [0.1, 0.15) is 5.00 Å². The Bertz CT molecular complexity index is 1320. The third-order valence-electron chi connectivity index (χ3n) is 5.17. The van der Waals surface area contributed by atoms with Gasteiger partial charge in [0.2, 0.25) is 6.17 Å². The molecule has 0 bridgehead atoms. The van der Waals surface area contributed by atoms with Gasteiger partial charge in [0.15, 0.2) is 0 Å². The summed E-state index contributed by atoms with van der Waals surface area (Å²) >= 11 is 1.53. The van der Waals surface area contributed by atoms with Crippen molar-refractivity contribution in [2.24, 2.45) is 4.99 Å². The molecule has 0 aliphatic carbocycles. The number of aromatic nitrogens is 2. The van der Waals surface area contributed by atoms with Crippen molar-refractivity contribution < 1.29 is 13.9 Å². The van der Waals surface area contributed by atoms with Crippen LogP contribution in [-0.2, 0) is 9.53 Å². The van der Waals surface area contributed by atoms with Crippen LogP contribution >= 0.6 is 11.3 Å². The van der Waals surface area contributed by atoms with Gasteiger partial charge in [-0.05, 0) is 17.5 Å². The minimum Gasteiger partial charge on any atom is -0.403 e. The van der Waals surface area contributed by atoms with E-state index in [2.05, 4.69) is 26.1 Å². The van der Waals surface area contributed by atoms with Crippen LogP contribution in [0.1, 0.15) is 11.1 Å². The van der Waals surface area contributed by atoms with Gasteiger partial charge < -0.3 is 25.1 Å². The van der Waals surface area contributed by atoms with Gasteiger partial charge in [0.05, 0.1) is 23.6 Å². The molecule has 2 aromatic carbocycles. The number of rotatable bonds is 8. The molecule has 34 heavy (non-hydrogen) atoms. The van der Waals surface area contributed by atoms with E-state index in [-0.39, 0.29) is 11.9 Å². The number of amides is 1. The highest BCUT2D eigenvalue weighted by Gasteiger charge is 2.27. The van der Waals surface area contributed by atoms with Crippen molar-refractivity contribution in [1.29, 1.82) is 0 Å². The minimum absolute atomic E-state index is 0.103. The summed E-state index contributed by atoms with van der Waals surface area (Å²) in [6.07, 6.45) is -0.960. The van der Waals surface area contributed by atoms with Crippen molar-refractivity contribution in [3.8, 4) is 11.5 Å². The fourth-order valence-corrected chi connectivity index (χ4v) is 4.38. The summed E-state index contributed by atoms with van der Waals surface area (Å²) in [5.74, 6) is 0.0174. The first-order chi connectivity index (χ1) is 16.7. The lowest BCUT2D eigenvalue weighted by molar-refractivity contribution is -0.116. The number of hydrogen-bond acceptors (Lipinski definition) is 9. The normalized spacial score (nSPS) is 15.1. The van der Waals surface area contributed by atoms with E-state index in [1.165, 1.54) is 11.3 Å². The fourth-order valence-electron chi connectivity index (χ4n) is 3.57. The largest absolute Gasteiger partial charge is 0.403 e. The molecule has 4 aromatic rings. The third kappa shape index (κ3) is 4.54. The van der Waals surface area contributed by atoms with Gasteiger partial charge in [-0.2, -0.15) is 0 Å². The van der Waals surface area contributed by atoms with E-state index in [1.807, 2.05) is 66.0 Å². The molecule has 0 spiro atoms. The number of anilines is 3. The van der Waals surface area contributed by atoms with E-state index in [0.29, 0.717) is 30.4 Å². The molecule has 1 aliphatic rings. The Kier molecular flexibility index (Phi) is 6.32. The molecule has 0 saturated heterocycles. The Hall–Kier alpha value is -4.02. The third-order valence-corrected chi connectivity index (χ3v) is 6.04. The number of nitrogens with one attached hydrogen (secondary N) is 3. The van der Waals surface area contributed by atoms with Crippen LogP contribution in [0.2, 0.25) is 0 Å². The minimum atomic E-state index is -0.960. The Labute approximate surface area is 199 Å². The number of benzodiazepines with no additional fused rings is 1. The van der Waals surface area contributed by atoms with Crippen molar-refractivity contribution in [2.75, 3.05) is 36.2 Å². The van der Waals surface area contributed by atoms with Gasteiger partial charge in [-0.15, -0.1) is 16.4 Å². The highest BCUT2D eigenvalue weighted by atomic mass is 32.1. The zero-order valence-corrected chi connectivity index (χ0v) is 19.1. The summed E-state index contributed by atoms with van der Waals surface area (Å²) in [5.41, 5.74) is 3.90. The van der Waals surface area contributed by atoms with Crippen LogP contribution in [-0.4, -0.2) is 48.2 Å². The van der Waals surface area contributed by atoms with Gasteiger partial charge in [0, 0.05) is 24.8 Å². The van der Waals surface area contributed by atoms with Gasteiger partial charge in [0.25, 0.3) is 11.8 Å². The standard InChI is InChI=1S/C24H22N6O3S/c1-32-13-12-25-23-17(11-14-34-23)22-29-30-24(33-22)28-20-21(31)26-18-10-6-5-9-16(18)19(27-20)15-7-3-2-4-8-15/h2-11,14,20,25H,12-13H2,1H3,(H,26,31)(H,28,30). The molecule has 1 amide bonds. The molecule has 2 aromatic heterocycles. The zero-order valence-electron chi connectivity index (χ0n) is 18.3. The quantitative estimate of drug-likeness (QED) is 0.330. The fraction of sp³-hybridized carbons (Fsp3) is 0.167. The van der Waals surface area contributed by atoms with E-state index in [0.717, 1.165) is 21.7 Å². The Morgan fingerprint density at radius 3 is 2.74 bits per heavy atom. The van der Waals surface area contributed by atoms with Gasteiger partial charge in [-0.25, -0.2) is 4.99 Å². The van der Waals surface area contributed by atoms with E-state index in [1.54, 1.807) is 7.11 Å². The van der Waals surface area contributed by atoms with Crippen LogP contribution < -0.4 is 16.0 Å². The summed E-state index contributed by atoms with van der Waals surface area (Å²) < 4.78 is 10.9. The smallest absolute Gasteiger partial charge is 0.317 e. The Balaban J connectivity index is 1.43. The summed E-state index contributed by atoms with van der Waals surface area (Å²) in [6.45, 7) is 1.23. The highest BCUT2D eigenvalue weighted by Crippen LogP contribution is 2.33. The number of methoxy groups -OCH3 is 1. The number of fused-ring (bicyclic) bond motifs is 1. The van der Waals surface area contributed by atoms with Crippen LogP contribution in [0.15, 0.2) is 75.5 Å². The van der Waals surface area contributed by atoms with Crippen LogP contribution in [0.4, 0.5) is 16.7 Å². The van der Waals surface area contributed by atoms with Crippen LogP contribution in [0.5, 0.6) is 0 Å². The molecular weight excluding hydrogens is 452 g/mol. The van der Waals surface area contributed by atoms with E-state index >= 15 is 0 Å². The molecule has 9 nitrogen and oxygen atoms in total. The topological polar surface area (TPSA) is 114 Å². The number of benzene rings is 2. The molecule has 0 radical (unpaired) electrons. The number of para-hydroxylation sites is 1. The molecule has 3 N–H and O–H groups in total. The number of carbonyl (C=O) groups is 1. The first kappa shape index (κ1) is 21.8. The molecule has 3 heterocycles. The predicted octanol–water partition coefficient (Wildman–Crippen LogP) is 4.08. The van der Waals surface area contributed by atoms with Crippen molar-refractivity contribution in [1.82, 2.24) is 10.2 Å². The van der Waals surface area contributed by atoms with Gasteiger partial charge >= 0.3 is 6.01 Å². The second-order valence-electron chi connectivity index (χ2n) is 7.42. The van der Waals surface area contributed by atoms with Crippen LogP contribution in [0.25, 0.3) is 11.5 Å². The molecule has 1 aliphatic heterocycles. The monoisotopic (exact) mass is 474 g/mol. The molecule has 10 heteroatoms. The van der Waals surface area contributed by atoms with Crippen molar-refractivity contribution in [2.45, 2.75) is 6.17 Å².